The maximum Gasteiger partial charge on any atom is 0.266 e. The van der Waals surface area contributed by atoms with Crippen LogP contribution in [0.2, 0.25) is 20.1 Å². The molecule has 1 amide bonds. The molecule has 0 radical (unpaired) electrons. The number of carbonyl (C=O) groups is 1. The van der Waals surface area contributed by atoms with E-state index in [4.69, 9.17) is 55.9 Å². The molecule has 0 spiro atoms. The van der Waals surface area contributed by atoms with Crippen LogP contribution in [-0.4, -0.2) is 5.91 Å². The fraction of sp³-hybridized carbons (Fsp3) is 0.0667. The number of benzene rings is 4. The van der Waals surface area contributed by atoms with E-state index in [1.165, 1.54) is 6.08 Å². The van der Waals surface area contributed by atoms with Gasteiger partial charge < -0.3 is 14.8 Å². The summed E-state index contributed by atoms with van der Waals surface area (Å²) in [5.41, 5.74) is 2.68. The average molecular weight is 598 g/mol. The first-order chi connectivity index (χ1) is 18.8. The van der Waals surface area contributed by atoms with Crippen molar-refractivity contribution in [3.63, 3.8) is 0 Å². The quantitative estimate of drug-likeness (QED) is 0.154. The van der Waals surface area contributed by atoms with Gasteiger partial charge in [0.25, 0.3) is 5.91 Å². The van der Waals surface area contributed by atoms with Crippen molar-refractivity contribution in [3.8, 4) is 17.6 Å². The summed E-state index contributed by atoms with van der Waals surface area (Å²) in [6.07, 6.45) is 1.45. The molecule has 0 aliphatic carbocycles. The maximum absolute atomic E-state index is 12.7. The molecule has 196 valence electrons. The maximum atomic E-state index is 12.7. The van der Waals surface area contributed by atoms with Crippen LogP contribution in [0.1, 0.15) is 16.7 Å². The topological polar surface area (TPSA) is 71.3 Å². The van der Waals surface area contributed by atoms with E-state index >= 15 is 0 Å². The molecule has 39 heavy (non-hydrogen) atoms. The smallest absolute Gasteiger partial charge is 0.266 e. The summed E-state index contributed by atoms with van der Waals surface area (Å²) in [6.45, 7) is 0.552. The molecule has 0 aliphatic heterocycles. The molecular weight excluding hydrogens is 578 g/mol. The number of hydrogen-bond acceptors (Lipinski definition) is 4. The van der Waals surface area contributed by atoms with E-state index in [1.807, 2.05) is 24.3 Å². The fourth-order valence-electron chi connectivity index (χ4n) is 3.46. The summed E-state index contributed by atoms with van der Waals surface area (Å²) in [7, 11) is 0. The number of nitrogens with zero attached hydrogens (tertiary/aromatic N) is 1. The van der Waals surface area contributed by atoms with Crippen molar-refractivity contribution < 1.29 is 14.3 Å². The van der Waals surface area contributed by atoms with E-state index in [-0.39, 0.29) is 12.2 Å². The highest BCUT2D eigenvalue weighted by molar-refractivity contribution is 6.35. The third kappa shape index (κ3) is 8.16. The van der Waals surface area contributed by atoms with Gasteiger partial charge in [0.15, 0.2) is 0 Å². The van der Waals surface area contributed by atoms with Gasteiger partial charge in [-0.05, 0) is 77.9 Å². The molecule has 5 nitrogen and oxygen atoms in total. The van der Waals surface area contributed by atoms with E-state index in [0.717, 1.165) is 11.1 Å². The van der Waals surface area contributed by atoms with Gasteiger partial charge in [-0.15, -0.1) is 0 Å². The zero-order valence-corrected chi connectivity index (χ0v) is 23.3. The van der Waals surface area contributed by atoms with E-state index in [1.54, 1.807) is 66.7 Å². The first-order valence-electron chi connectivity index (χ1n) is 11.6. The monoisotopic (exact) mass is 596 g/mol. The normalized spacial score (nSPS) is 11.0. The number of anilines is 1. The van der Waals surface area contributed by atoms with Crippen LogP contribution in [0, 0.1) is 11.3 Å². The van der Waals surface area contributed by atoms with E-state index in [2.05, 4.69) is 5.32 Å². The van der Waals surface area contributed by atoms with Crippen molar-refractivity contribution >= 4 is 64.1 Å². The summed E-state index contributed by atoms with van der Waals surface area (Å²) in [4.78, 5) is 12.7. The molecule has 0 atom stereocenters. The molecule has 1 N–H and O–H groups in total. The molecule has 0 heterocycles. The molecule has 0 unspecified atom stereocenters. The van der Waals surface area contributed by atoms with Crippen LogP contribution >= 0.6 is 46.4 Å². The minimum Gasteiger partial charge on any atom is -0.489 e. The van der Waals surface area contributed by atoms with Crippen molar-refractivity contribution in [1.82, 2.24) is 0 Å². The summed E-state index contributed by atoms with van der Waals surface area (Å²) in [6, 6.07) is 26.2. The van der Waals surface area contributed by atoms with Gasteiger partial charge in [0.05, 0.1) is 5.02 Å². The van der Waals surface area contributed by atoms with Gasteiger partial charge in [0.1, 0.15) is 36.4 Å². The number of ether oxygens (including phenoxy) is 2. The number of nitrogens with one attached hydrogen (secondary N) is 1. The van der Waals surface area contributed by atoms with Crippen LogP contribution in [0.3, 0.4) is 0 Å². The van der Waals surface area contributed by atoms with Crippen molar-refractivity contribution in [2.75, 3.05) is 5.32 Å². The van der Waals surface area contributed by atoms with Crippen molar-refractivity contribution in [2.45, 2.75) is 13.2 Å². The summed E-state index contributed by atoms with van der Waals surface area (Å²) in [5.74, 6) is 0.497. The van der Waals surface area contributed by atoms with Gasteiger partial charge in [-0.25, -0.2) is 0 Å². The first kappa shape index (κ1) is 28.4. The molecular formula is C30H20Cl4N2O3. The highest BCUT2D eigenvalue weighted by Crippen LogP contribution is 2.28. The SMILES string of the molecule is N#C/C(=C\c1ccc(OCc2cccc(Cl)c2)c(Cl)c1)C(=O)Nc1ccc(OCc2ccc(Cl)cc2Cl)cc1. The Kier molecular flexibility index (Phi) is 9.75. The van der Waals surface area contributed by atoms with Crippen molar-refractivity contribution in [1.29, 1.82) is 5.26 Å². The Labute approximate surface area is 246 Å². The van der Waals surface area contributed by atoms with Gasteiger partial charge in [0, 0.05) is 26.3 Å². The van der Waals surface area contributed by atoms with Crippen LogP contribution in [0.4, 0.5) is 5.69 Å². The van der Waals surface area contributed by atoms with Crippen LogP contribution < -0.4 is 14.8 Å². The van der Waals surface area contributed by atoms with Crippen molar-refractivity contribution in [2.24, 2.45) is 0 Å². The summed E-state index contributed by atoms with van der Waals surface area (Å²) in [5, 5.41) is 14.3. The number of amides is 1. The molecule has 4 aromatic carbocycles. The van der Waals surface area contributed by atoms with E-state index < -0.39 is 5.91 Å². The van der Waals surface area contributed by atoms with Crippen LogP contribution in [0.25, 0.3) is 6.08 Å². The number of carbonyl (C=O) groups excluding carboxylic acids is 1. The lowest BCUT2D eigenvalue weighted by atomic mass is 10.1. The Morgan fingerprint density at radius 3 is 2.28 bits per heavy atom. The third-order valence-electron chi connectivity index (χ3n) is 5.44. The summed E-state index contributed by atoms with van der Waals surface area (Å²) < 4.78 is 11.5. The Hall–Kier alpha value is -3.66. The van der Waals surface area contributed by atoms with Gasteiger partial charge in [-0.1, -0.05) is 70.7 Å². The molecule has 4 aromatic rings. The zero-order chi connectivity index (χ0) is 27.8. The Morgan fingerprint density at radius 2 is 1.59 bits per heavy atom. The first-order valence-corrected chi connectivity index (χ1v) is 13.1. The molecule has 0 aliphatic rings. The number of rotatable bonds is 9. The standard InChI is InChI=1S/C30H20Cl4N2O3/c31-23-3-1-2-20(13-23)17-39-29-11-4-19(14-28(29)34)12-22(16-35)30(37)36-25-7-9-26(10-8-25)38-18-21-5-6-24(32)15-27(21)33/h1-15H,17-18H2,(H,36,37)/b22-12+. The minimum absolute atomic E-state index is 0.0867. The Bertz CT molecular complexity index is 1560. The van der Waals surface area contributed by atoms with Crippen LogP contribution in [0.15, 0.2) is 90.5 Å². The zero-order valence-electron chi connectivity index (χ0n) is 20.3. The third-order valence-corrected chi connectivity index (χ3v) is 6.55. The average Bonchev–Trinajstić information content (AvgIpc) is 2.91. The predicted molar refractivity (Wildman–Crippen MR) is 157 cm³/mol. The Balaban J connectivity index is 1.35. The molecule has 0 aromatic heterocycles. The lowest BCUT2D eigenvalue weighted by Gasteiger charge is -2.10. The molecule has 0 bridgehead atoms. The molecule has 0 fully saturated rings. The molecule has 0 saturated heterocycles. The van der Waals surface area contributed by atoms with E-state index in [0.29, 0.717) is 49.4 Å². The fourth-order valence-corrected chi connectivity index (χ4v) is 4.38. The largest absolute Gasteiger partial charge is 0.489 e. The number of nitriles is 1. The second kappa shape index (κ2) is 13.4. The lowest BCUT2D eigenvalue weighted by Crippen LogP contribution is -2.13. The molecule has 4 rings (SSSR count). The van der Waals surface area contributed by atoms with E-state index in [9.17, 15) is 10.1 Å². The van der Waals surface area contributed by atoms with Gasteiger partial charge in [-0.3, -0.25) is 4.79 Å². The summed E-state index contributed by atoms with van der Waals surface area (Å²) >= 11 is 24.5. The van der Waals surface area contributed by atoms with Crippen LogP contribution in [0.5, 0.6) is 11.5 Å². The lowest BCUT2D eigenvalue weighted by molar-refractivity contribution is -0.112. The second-order valence-corrected chi connectivity index (χ2v) is 9.97. The second-order valence-electron chi connectivity index (χ2n) is 8.28. The van der Waals surface area contributed by atoms with Crippen LogP contribution in [-0.2, 0) is 18.0 Å². The Morgan fingerprint density at radius 1 is 0.821 bits per heavy atom. The number of hydrogen-bond donors (Lipinski definition) is 1. The molecule has 9 heteroatoms. The van der Waals surface area contributed by atoms with Gasteiger partial charge in [-0.2, -0.15) is 5.26 Å². The highest BCUT2D eigenvalue weighted by Gasteiger charge is 2.11. The highest BCUT2D eigenvalue weighted by atomic mass is 35.5. The predicted octanol–water partition coefficient (Wildman–Crippen LogP) is 9.00. The number of halogens is 4. The van der Waals surface area contributed by atoms with Crippen molar-refractivity contribution in [3.05, 3.63) is 127 Å². The van der Waals surface area contributed by atoms with Gasteiger partial charge >= 0.3 is 0 Å². The molecule has 0 saturated carbocycles. The van der Waals surface area contributed by atoms with Gasteiger partial charge in [0.2, 0.25) is 0 Å². The minimum atomic E-state index is -0.559.